The highest BCUT2D eigenvalue weighted by Crippen LogP contribution is 2.32. The summed E-state index contributed by atoms with van der Waals surface area (Å²) in [4.78, 5) is 17.4. The number of carbonyl (C=O) groups excluding carboxylic acids is 1. The number of hydrogen-bond donors (Lipinski definition) is 1. The van der Waals surface area contributed by atoms with E-state index >= 15 is 0 Å². The SMILES string of the molecule is Cc1cc(Oc2cccc(F)c2F)ncc1-n1ncc(C(=O)C2=Cc3cc(F)c(CS(C)(=O)=O)cc3C2)c1N. The van der Waals surface area contributed by atoms with Crippen LogP contribution in [0.4, 0.5) is 19.0 Å². The molecule has 12 heteroatoms. The Morgan fingerprint density at radius 2 is 1.90 bits per heavy atom. The smallest absolute Gasteiger partial charge is 0.219 e. The van der Waals surface area contributed by atoms with Crippen LogP contribution in [-0.4, -0.2) is 35.2 Å². The van der Waals surface area contributed by atoms with Crippen molar-refractivity contribution in [3.63, 3.8) is 0 Å². The van der Waals surface area contributed by atoms with Crippen molar-refractivity contribution >= 4 is 27.5 Å². The Bertz CT molecular complexity index is 1800. The minimum atomic E-state index is -3.44. The number of ether oxygens (including phenoxy) is 1. The third-order valence-electron chi connectivity index (χ3n) is 6.20. The van der Waals surface area contributed by atoms with Crippen molar-refractivity contribution in [2.24, 2.45) is 0 Å². The molecule has 2 N–H and O–H groups in total. The molecule has 1 aliphatic carbocycles. The van der Waals surface area contributed by atoms with Crippen molar-refractivity contribution in [1.29, 1.82) is 0 Å². The molecule has 0 saturated carbocycles. The number of allylic oxidation sites excluding steroid dienone is 1. The van der Waals surface area contributed by atoms with Crippen LogP contribution >= 0.6 is 0 Å². The van der Waals surface area contributed by atoms with Gasteiger partial charge in [-0.2, -0.15) is 9.49 Å². The van der Waals surface area contributed by atoms with Gasteiger partial charge in [-0.05, 0) is 47.9 Å². The second-order valence-corrected chi connectivity index (χ2v) is 11.3. The normalized spacial score (nSPS) is 12.8. The molecule has 5 rings (SSSR count). The highest BCUT2D eigenvalue weighted by atomic mass is 32.2. The molecule has 0 amide bonds. The Morgan fingerprint density at radius 3 is 2.62 bits per heavy atom. The van der Waals surface area contributed by atoms with Crippen LogP contribution in [0, 0.1) is 24.4 Å². The summed E-state index contributed by atoms with van der Waals surface area (Å²) in [5.74, 6) is -3.98. The largest absolute Gasteiger partial charge is 0.436 e. The van der Waals surface area contributed by atoms with E-state index in [2.05, 4.69) is 10.1 Å². The van der Waals surface area contributed by atoms with Crippen LogP contribution < -0.4 is 10.5 Å². The van der Waals surface area contributed by atoms with Crippen molar-refractivity contribution in [2.75, 3.05) is 12.0 Å². The van der Waals surface area contributed by atoms with Crippen LogP contribution in [0.25, 0.3) is 11.8 Å². The molecule has 8 nitrogen and oxygen atoms in total. The first-order valence-electron chi connectivity index (χ1n) is 11.6. The Kier molecular flexibility index (Phi) is 6.51. The standard InChI is InChI=1S/C27H21F3N4O4S/c1-14-6-24(38-23-5-3-4-20(28)25(23)30)32-12-22(14)34-27(31)19(11-33-34)26(35)17-7-15-9-18(13-39(2,36)37)21(29)10-16(15)8-17/h3-6,8-12H,7,13,31H2,1-2H3. The van der Waals surface area contributed by atoms with Crippen molar-refractivity contribution < 1.29 is 31.1 Å². The van der Waals surface area contributed by atoms with Crippen LogP contribution in [0.2, 0.25) is 0 Å². The maximum Gasteiger partial charge on any atom is 0.219 e. The molecule has 200 valence electrons. The van der Waals surface area contributed by atoms with Gasteiger partial charge < -0.3 is 10.5 Å². The van der Waals surface area contributed by atoms with Gasteiger partial charge in [-0.25, -0.2) is 26.9 Å². The zero-order valence-corrected chi connectivity index (χ0v) is 21.5. The lowest BCUT2D eigenvalue weighted by molar-refractivity contribution is 0.103. The van der Waals surface area contributed by atoms with Gasteiger partial charge in [0.25, 0.3) is 0 Å². The average Bonchev–Trinajstić information content (AvgIpc) is 3.44. The molecule has 39 heavy (non-hydrogen) atoms. The number of nitrogens with zero attached hydrogens (tertiary/aromatic N) is 3. The van der Waals surface area contributed by atoms with Gasteiger partial charge in [0, 0.05) is 29.9 Å². The number of aryl methyl sites for hydroxylation is 1. The molecule has 2 heterocycles. The average molecular weight is 555 g/mol. The number of aromatic nitrogens is 3. The topological polar surface area (TPSA) is 117 Å². The predicted molar refractivity (Wildman–Crippen MR) is 138 cm³/mol. The third-order valence-corrected chi connectivity index (χ3v) is 7.03. The molecular formula is C27H21F3N4O4S. The summed E-state index contributed by atoms with van der Waals surface area (Å²) in [6, 6.07) is 7.71. The van der Waals surface area contributed by atoms with Gasteiger partial charge in [-0.3, -0.25) is 4.79 Å². The van der Waals surface area contributed by atoms with Crippen LogP contribution in [0.1, 0.15) is 32.6 Å². The van der Waals surface area contributed by atoms with Gasteiger partial charge in [0.1, 0.15) is 11.6 Å². The number of carbonyl (C=O) groups is 1. The van der Waals surface area contributed by atoms with Crippen LogP contribution in [-0.2, 0) is 22.0 Å². The number of nitrogens with two attached hydrogens (primary N) is 1. The Balaban J connectivity index is 1.38. The number of halogens is 3. The number of rotatable bonds is 7. The number of nitrogen functional groups attached to an aromatic ring is 1. The quantitative estimate of drug-likeness (QED) is 0.328. The highest BCUT2D eigenvalue weighted by Gasteiger charge is 2.26. The second-order valence-electron chi connectivity index (χ2n) is 9.21. The summed E-state index contributed by atoms with van der Waals surface area (Å²) < 4.78 is 71.8. The summed E-state index contributed by atoms with van der Waals surface area (Å²) in [6.45, 7) is 1.70. The van der Waals surface area contributed by atoms with E-state index in [9.17, 15) is 26.4 Å². The lowest BCUT2D eigenvalue weighted by Gasteiger charge is -2.11. The molecule has 0 aliphatic heterocycles. The fraction of sp³-hybridized carbons (Fsp3) is 0.148. The predicted octanol–water partition coefficient (Wildman–Crippen LogP) is 4.73. The number of anilines is 1. The lowest BCUT2D eigenvalue weighted by Crippen LogP contribution is -2.09. The minimum absolute atomic E-state index is 0.0131. The van der Waals surface area contributed by atoms with Gasteiger partial charge in [-0.1, -0.05) is 12.1 Å². The number of ketones is 1. The molecule has 4 aromatic rings. The third kappa shape index (κ3) is 5.15. The number of benzene rings is 2. The summed E-state index contributed by atoms with van der Waals surface area (Å²) in [6.07, 6.45) is 5.43. The van der Waals surface area contributed by atoms with E-state index in [0.29, 0.717) is 28.0 Å². The maximum atomic E-state index is 14.4. The lowest BCUT2D eigenvalue weighted by atomic mass is 10.0. The summed E-state index contributed by atoms with van der Waals surface area (Å²) in [5.41, 5.74) is 8.91. The molecule has 0 bridgehead atoms. The summed E-state index contributed by atoms with van der Waals surface area (Å²) in [5, 5.41) is 4.22. The number of pyridine rings is 1. The molecule has 0 saturated heterocycles. The first kappa shape index (κ1) is 26.2. The fourth-order valence-electron chi connectivity index (χ4n) is 4.33. The number of fused-ring (bicyclic) bond motifs is 1. The molecule has 0 unspecified atom stereocenters. The van der Waals surface area contributed by atoms with Crippen LogP contribution in [0.3, 0.4) is 0 Å². The van der Waals surface area contributed by atoms with E-state index in [4.69, 9.17) is 10.5 Å². The molecular weight excluding hydrogens is 533 g/mol. The Hall–Kier alpha value is -4.45. The number of Topliss-reactive ketones (excluding diaryl/α,β-unsaturated/α-hetero) is 1. The molecule has 1 aliphatic rings. The molecule has 0 atom stereocenters. The van der Waals surface area contributed by atoms with E-state index in [0.717, 1.165) is 12.3 Å². The van der Waals surface area contributed by atoms with Crippen molar-refractivity contribution in [2.45, 2.75) is 19.1 Å². The van der Waals surface area contributed by atoms with Crippen molar-refractivity contribution in [3.8, 4) is 17.3 Å². The van der Waals surface area contributed by atoms with E-state index in [1.54, 1.807) is 13.0 Å². The monoisotopic (exact) mass is 554 g/mol. The summed E-state index contributed by atoms with van der Waals surface area (Å²) >= 11 is 0. The Labute approximate surface area is 221 Å². The first-order valence-corrected chi connectivity index (χ1v) is 13.6. The van der Waals surface area contributed by atoms with Crippen molar-refractivity contribution in [3.05, 3.63) is 99.6 Å². The molecule has 2 aromatic heterocycles. The van der Waals surface area contributed by atoms with E-state index in [1.807, 2.05) is 0 Å². The van der Waals surface area contributed by atoms with E-state index in [-0.39, 0.29) is 35.0 Å². The van der Waals surface area contributed by atoms with E-state index < -0.39 is 38.8 Å². The molecule has 0 radical (unpaired) electrons. The maximum absolute atomic E-state index is 14.4. The van der Waals surface area contributed by atoms with Crippen LogP contribution in [0.5, 0.6) is 11.6 Å². The number of sulfone groups is 1. The van der Waals surface area contributed by atoms with Crippen LogP contribution in [0.15, 0.2) is 54.4 Å². The van der Waals surface area contributed by atoms with Gasteiger partial charge in [-0.15, -0.1) is 0 Å². The van der Waals surface area contributed by atoms with Gasteiger partial charge >= 0.3 is 0 Å². The Morgan fingerprint density at radius 1 is 1.13 bits per heavy atom. The first-order chi connectivity index (χ1) is 18.4. The second kappa shape index (κ2) is 9.70. The zero-order chi connectivity index (χ0) is 28.1. The zero-order valence-electron chi connectivity index (χ0n) is 20.7. The summed E-state index contributed by atoms with van der Waals surface area (Å²) in [7, 11) is -3.44. The molecule has 0 fully saturated rings. The van der Waals surface area contributed by atoms with Gasteiger partial charge in [0.2, 0.25) is 11.7 Å². The molecule has 2 aromatic carbocycles. The highest BCUT2D eigenvalue weighted by molar-refractivity contribution is 7.89. The van der Waals surface area contributed by atoms with E-state index in [1.165, 1.54) is 47.4 Å². The minimum Gasteiger partial charge on any atom is -0.436 e. The fourth-order valence-corrected chi connectivity index (χ4v) is 5.11. The van der Waals surface area contributed by atoms with Gasteiger partial charge in [0.15, 0.2) is 27.2 Å². The van der Waals surface area contributed by atoms with Crippen molar-refractivity contribution in [1.82, 2.24) is 14.8 Å². The van der Waals surface area contributed by atoms with Gasteiger partial charge in [0.05, 0.1) is 29.4 Å². The molecule has 0 spiro atoms. The number of hydrogen-bond acceptors (Lipinski definition) is 7.